The Bertz CT molecular complexity index is 2100. The number of nitrogens with zero attached hydrogens (tertiary/aromatic N) is 3. The second kappa shape index (κ2) is 14.4. The minimum absolute atomic E-state index is 0.0119. The van der Waals surface area contributed by atoms with E-state index in [1.54, 1.807) is 30.3 Å². The Hall–Kier alpha value is -5.45. The predicted molar refractivity (Wildman–Crippen MR) is 178 cm³/mol. The molecule has 3 aromatic carbocycles. The molecule has 0 saturated carbocycles. The zero-order valence-corrected chi connectivity index (χ0v) is 28.3. The Morgan fingerprint density at radius 1 is 1.06 bits per heavy atom. The first kappa shape index (κ1) is 36.8. The number of anilines is 3. The summed E-state index contributed by atoms with van der Waals surface area (Å²) in [5, 5.41) is 3.41. The summed E-state index contributed by atoms with van der Waals surface area (Å²) in [6, 6.07) is 13.1. The van der Waals surface area contributed by atoms with E-state index in [9.17, 15) is 36.0 Å². The van der Waals surface area contributed by atoms with Crippen molar-refractivity contribution in [1.29, 1.82) is 0 Å². The number of likely N-dealkylation sites (tertiary alicyclic amines) is 1. The number of aromatic nitrogens is 1. The Morgan fingerprint density at radius 3 is 2.45 bits per heavy atom. The topological polar surface area (TPSA) is 161 Å². The summed E-state index contributed by atoms with van der Waals surface area (Å²) < 4.78 is 86.6. The van der Waals surface area contributed by atoms with Crippen LogP contribution in [0.5, 0.6) is 0 Å². The van der Waals surface area contributed by atoms with E-state index in [2.05, 4.69) is 19.9 Å². The van der Waals surface area contributed by atoms with Crippen molar-refractivity contribution in [2.24, 2.45) is 0 Å². The van der Waals surface area contributed by atoms with Gasteiger partial charge in [-0.15, -0.1) is 5.06 Å². The summed E-state index contributed by atoms with van der Waals surface area (Å²) in [7, 11) is -3.27. The number of carbonyl (C=O) groups is 3. The number of hydrogen-bond acceptors (Lipinski definition) is 10. The molecule has 0 unspecified atom stereocenters. The maximum absolute atomic E-state index is 15.4. The highest BCUT2D eigenvalue weighted by molar-refractivity contribution is 7.92. The van der Waals surface area contributed by atoms with Crippen LogP contribution < -0.4 is 16.1 Å². The molecule has 51 heavy (non-hydrogen) atoms. The number of nitrogens with one attached hydrogen (secondary N) is 1. The van der Waals surface area contributed by atoms with E-state index in [1.165, 1.54) is 43.1 Å². The van der Waals surface area contributed by atoms with E-state index in [1.807, 2.05) is 0 Å². The number of halogens is 4. The summed E-state index contributed by atoms with van der Waals surface area (Å²) in [6.07, 6.45) is -4.96. The number of ether oxygens (including phenoxy) is 1. The van der Waals surface area contributed by atoms with Crippen molar-refractivity contribution in [3.63, 3.8) is 0 Å². The minimum atomic E-state index is -5.49. The number of methoxy groups -OCH3 is 1. The lowest BCUT2D eigenvalue weighted by Crippen LogP contribution is -2.39. The molecular weight excluding hydrogens is 698 g/mol. The van der Waals surface area contributed by atoms with Gasteiger partial charge in [-0.25, -0.2) is 27.4 Å². The van der Waals surface area contributed by atoms with Gasteiger partial charge in [-0.3, -0.25) is 4.79 Å². The number of nitrogen functional groups attached to an aromatic ring is 1. The fraction of sp³-hybridized carbons (Fsp3) is 0.294. The quantitative estimate of drug-likeness (QED) is 0.157. The molecular formula is C34H33F4N5O7S. The first-order valence-electron chi connectivity index (χ1n) is 15.5. The maximum Gasteiger partial charge on any atom is 0.493 e. The standard InChI is InChI=1S/C34H33F4N5O7S/c1-19(2)51(47,48)28-13-11-22(43(33(46)49-3)50-32(45)34(36,37)38)18-25(28)27-9-6-16-42(27)31(44)29(24-7-4-5-8-26(24)35)41-21-10-12-23-20(17-21)14-15-40-30(23)39/h4-5,7-8,10-15,17-19,27,29,41H,6,9,16H2,1-3H3,(H2,39,40)/t27-,29+/m1/s1. The zero-order valence-electron chi connectivity index (χ0n) is 27.5. The number of sulfone groups is 1. The third kappa shape index (κ3) is 7.52. The van der Waals surface area contributed by atoms with Crippen LogP contribution in [0.2, 0.25) is 0 Å². The molecule has 2 atom stereocenters. The second-order valence-corrected chi connectivity index (χ2v) is 14.4. The zero-order chi connectivity index (χ0) is 37.2. The number of amides is 2. The molecule has 1 aliphatic heterocycles. The average Bonchev–Trinajstić information content (AvgIpc) is 3.58. The number of pyridine rings is 1. The highest BCUT2D eigenvalue weighted by atomic mass is 32.2. The monoisotopic (exact) mass is 731 g/mol. The van der Waals surface area contributed by atoms with E-state index in [0.29, 0.717) is 22.9 Å². The van der Waals surface area contributed by atoms with Crippen LogP contribution >= 0.6 is 0 Å². The fourth-order valence-electron chi connectivity index (χ4n) is 5.81. The SMILES string of the molecule is COC(=O)N(OC(=O)C(F)(F)F)c1ccc(S(=O)(=O)C(C)C)c([C@H]2CCCN2C(=O)[C@@H](Nc2ccc3c(N)nccc3c2)c2ccccc2F)c1. The van der Waals surface area contributed by atoms with Crippen molar-refractivity contribution in [3.8, 4) is 0 Å². The van der Waals surface area contributed by atoms with Gasteiger partial charge in [0.25, 0.3) is 0 Å². The van der Waals surface area contributed by atoms with Gasteiger partial charge in [0.15, 0.2) is 9.84 Å². The number of fused-ring (bicyclic) bond motifs is 1. The van der Waals surface area contributed by atoms with E-state index < -0.39 is 62.8 Å². The van der Waals surface area contributed by atoms with Gasteiger partial charge in [0.1, 0.15) is 17.7 Å². The molecule has 4 aromatic rings. The number of benzene rings is 3. The van der Waals surface area contributed by atoms with Crippen molar-refractivity contribution in [3.05, 3.63) is 89.9 Å². The average molecular weight is 732 g/mol. The van der Waals surface area contributed by atoms with Gasteiger partial charge in [-0.05, 0) is 86.2 Å². The smallest absolute Gasteiger partial charge is 0.450 e. The third-order valence-corrected chi connectivity index (χ3v) is 10.6. The molecule has 1 aromatic heterocycles. The molecule has 5 rings (SSSR count). The van der Waals surface area contributed by atoms with Crippen LogP contribution in [-0.2, 0) is 29.0 Å². The van der Waals surface area contributed by atoms with Crippen LogP contribution in [0.1, 0.15) is 49.9 Å². The lowest BCUT2D eigenvalue weighted by atomic mass is 10.0. The van der Waals surface area contributed by atoms with Crippen LogP contribution in [0, 0.1) is 5.82 Å². The molecule has 12 nitrogen and oxygen atoms in total. The molecule has 2 heterocycles. The van der Waals surface area contributed by atoms with Crippen LogP contribution in [-0.4, -0.2) is 61.4 Å². The van der Waals surface area contributed by atoms with Gasteiger partial charge >= 0.3 is 18.2 Å². The van der Waals surface area contributed by atoms with Crippen LogP contribution in [0.4, 0.5) is 39.5 Å². The summed E-state index contributed by atoms with van der Waals surface area (Å²) in [6.45, 7) is 2.93. The first-order valence-corrected chi connectivity index (χ1v) is 17.1. The normalized spacial score (nSPS) is 15.5. The minimum Gasteiger partial charge on any atom is -0.450 e. The Balaban J connectivity index is 1.61. The van der Waals surface area contributed by atoms with Gasteiger partial charge < -0.3 is 25.5 Å². The van der Waals surface area contributed by atoms with E-state index in [4.69, 9.17) is 5.73 Å². The fourth-order valence-corrected chi connectivity index (χ4v) is 7.10. The molecule has 2 amide bonds. The van der Waals surface area contributed by atoms with Crippen molar-refractivity contribution in [2.45, 2.75) is 55.1 Å². The number of hydroxylamine groups is 1. The lowest BCUT2D eigenvalue weighted by molar-refractivity contribution is -0.200. The highest BCUT2D eigenvalue weighted by Gasteiger charge is 2.45. The number of hydrogen-bond donors (Lipinski definition) is 2. The molecule has 1 aliphatic rings. The van der Waals surface area contributed by atoms with Gasteiger partial charge in [0, 0.05) is 29.4 Å². The molecule has 0 bridgehead atoms. The summed E-state index contributed by atoms with van der Waals surface area (Å²) in [5.74, 6) is -3.80. The Morgan fingerprint density at radius 2 is 1.78 bits per heavy atom. The van der Waals surface area contributed by atoms with Gasteiger partial charge in [-0.1, -0.05) is 18.2 Å². The molecule has 17 heteroatoms. The van der Waals surface area contributed by atoms with Crippen molar-refractivity contribution in [1.82, 2.24) is 9.88 Å². The van der Waals surface area contributed by atoms with Crippen molar-refractivity contribution in [2.75, 3.05) is 29.8 Å². The van der Waals surface area contributed by atoms with E-state index in [-0.39, 0.29) is 39.9 Å². The van der Waals surface area contributed by atoms with Crippen LogP contribution in [0.3, 0.4) is 0 Å². The first-order chi connectivity index (χ1) is 24.0. The van der Waals surface area contributed by atoms with E-state index >= 15 is 4.39 Å². The Kier molecular flexibility index (Phi) is 10.4. The molecule has 0 aliphatic carbocycles. The number of rotatable bonds is 8. The highest BCUT2D eigenvalue weighted by Crippen LogP contribution is 2.41. The summed E-state index contributed by atoms with van der Waals surface area (Å²) in [5.41, 5.74) is 5.86. The van der Waals surface area contributed by atoms with Crippen molar-refractivity contribution < 1.29 is 49.9 Å². The number of nitrogens with two attached hydrogens (primary N) is 1. The second-order valence-electron chi connectivity index (χ2n) is 11.9. The van der Waals surface area contributed by atoms with Crippen LogP contribution in [0.25, 0.3) is 10.8 Å². The van der Waals surface area contributed by atoms with Crippen LogP contribution in [0.15, 0.2) is 77.8 Å². The van der Waals surface area contributed by atoms with Gasteiger partial charge in [0.05, 0.1) is 29.0 Å². The molecule has 0 radical (unpaired) electrons. The molecule has 270 valence electrons. The molecule has 0 spiro atoms. The van der Waals surface area contributed by atoms with Gasteiger partial charge in [-0.2, -0.15) is 13.2 Å². The number of carbonyl (C=O) groups excluding carboxylic acids is 3. The Labute approximate surface area is 290 Å². The van der Waals surface area contributed by atoms with E-state index in [0.717, 1.165) is 25.3 Å². The maximum atomic E-state index is 15.4. The van der Waals surface area contributed by atoms with Crippen molar-refractivity contribution >= 4 is 55.8 Å². The summed E-state index contributed by atoms with van der Waals surface area (Å²) in [4.78, 5) is 48.3. The molecule has 3 N–H and O–H groups in total. The summed E-state index contributed by atoms with van der Waals surface area (Å²) >= 11 is 0. The predicted octanol–water partition coefficient (Wildman–Crippen LogP) is 6.25. The largest absolute Gasteiger partial charge is 0.493 e. The molecule has 1 fully saturated rings. The molecule has 1 saturated heterocycles. The van der Waals surface area contributed by atoms with Gasteiger partial charge in [0.2, 0.25) is 5.91 Å². The lowest BCUT2D eigenvalue weighted by Gasteiger charge is -2.32. The third-order valence-electron chi connectivity index (χ3n) is 8.37. The number of alkyl halides is 3.